The molecule has 3 atom stereocenters. The van der Waals surface area contributed by atoms with Crippen LogP contribution in [0.2, 0.25) is 0 Å². The molecule has 2 amide bonds. The molecule has 6 aromatic carbocycles. The zero-order valence-electron chi connectivity index (χ0n) is 73.0. The third kappa shape index (κ3) is 22.5. The van der Waals surface area contributed by atoms with E-state index in [1.165, 1.54) is 93.0 Å². The Labute approximate surface area is 748 Å². The first-order valence-corrected chi connectivity index (χ1v) is 44.2. The number of amides is 2. The van der Waals surface area contributed by atoms with Gasteiger partial charge in [0.05, 0.1) is 99.5 Å². The third-order valence-corrected chi connectivity index (χ3v) is 25.0. The summed E-state index contributed by atoms with van der Waals surface area (Å²) in [4.78, 5) is 98.4. The van der Waals surface area contributed by atoms with Crippen molar-refractivity contribution in [2.45, 2.75) is 100 Å². The number of piperazine rings is 2. The molecule has 11 heterocycles. The van der Waals surface area contributed by atoms with E-state index in [1.807, 2.05) is 71.8 Å². The Bertz CT molecular complexity index is 5380. The summed E-state index contributed by atoms with van der Waals surface area (Å²) in [6.07, 6.45) is 17.2. The maximum absolute atomic E-state index is 14.0. The summed E-state index contributed by atoms with van der Waals surface area (Å²) in [6, 6.07) is 37.3. The number of ketones is 1. The van der Waals surface area contributed by atoms with Gasteiger partial charge in [-0.1, -0.05) is 50.1 Å². The molecule has 678 valence electrons. The number of carbonyl (C=O) groups is 3. The summed E-state index contributed by atoms with van der Waals surface area (Å²) in [6.45, 7) is 27.6. The van der Waals surface area contributed by atoms with Crippen molar-refractivity contribution >= 4 is 98.0 Å². The van der Waals surface area contributed by atoms with E-state index >= 15 is 0 Å². The number of hydrogen-bond acceptors (Lipinski definition) is 28. The number of methoxy groups -OCH3 is 2. The molecule has 8 saturated heterocycles. The summed E-state index contributed by atoms with van der Waals surface area (Å²) in [5.41, 5.74) is 9.17. The van der Waals surface area contributed by atoms with Gasteiger partial charge in [-0.25, -0.2) is 62.7 Å². The van der Waals surface area contributed by atoms with Gasteiger partial charge in [0.2, 0.25) is 11.8 Å². The number of hydrogen-bond donors (Lipinski definition) is 5. The van der Waals surface area contributed by atoms with Crippen LogP contribution in [0.3, 0.4) is 0 Å². The average molecular weight is 1770 g/mol. The molecule has 0 unspecified atom stereocenters. The molecule has 18 rings (SSSR count). The van der Waals surface area contributed by atoms with Crippen LogP contribution in [0.15, 0.2) is 184 Å². The molecule has 9 fully saturated rings. The second-order valence-corrected chi connectivity index (χ2v) is 33.3. The number of hydroxylamine groups is 3. The largest absolute Gasteiger partial charge is 0.494 e. The number of rotatable bonds is 27. The lowest BCUT2D eigenvalue weighted by molar-refractivity contribution is -0.114. The van der Waals surface area contributed by atoms with E-state index in [1.54, 1.807) is 36.5 Å². The number of ether oxygens (including phenoxy) is 3. The highest BCUT2D eigenvalue weighted by Gasteiger charge is 2.38. The summed E-state index contributed by atoms with van der Waals surface area (Å²) >= 11 is 0. The van der Waals surface area contributed by atoms with Crippen LogP contribution >= 0.6 is 0 Å². The second kappa shape index (κ2) is 42.2. The predicted octanol–water partition coefficient (Wildman–Crippen LogP) is 14.2. The van der Waals surface area contributed by atoms with E-state index in [0.717, 1.165) is 176 Å². The van der Waals surface area contributed by atoms with Gasteiger partial charge in [-0.3, -0.25) is 43.6 Å². The Kier molecular flexibility index (Phi) is 29.4. The minimum atomic E-state index is -0.650. The molecule has 34 heteroatoms. The van der Waals surface area contributed by atoms with Crippen molar-refractivity contribution in [3.63, 3.8) is 0 Å². The van der Waals surface area contributed by atoms with Crippen molar-refractivity contribution in [3.8, 4) is 11.5 Å². The number of anilines is 14. The van der Waals surface area contributed by atoms with Gasteiger partial charge in [-0.05, 0) is 141 Å². The molecular formula is C95H111F4N21O9. The Morgan fingerprint density at radius 2 is 0.837 bits per heavy atom. The number of benzene rings is 6. The Morgan fingerprint density at radius 1 is 0.411 bits per heavy atom. The molecule has 8 aliphatic heterocycles. The van der Waals surface area contributed by atoms with Gasteiger partial charge >= 0.3 is 0 Å². The fourth-order valence-corrected chi connectivity index (χ4v) is 18.2. The van der Waals surface area contributed by atoms with Gasteiger partial charge in [0.15, 0.2) is 23.2 Å². The van der Waals surface area contributed by atoms with Gasteiger partial charge in [0, 0.05) is 189 Å². The standard InChI is InChI=1S/C35H42F2N8O3.C33H38F2N6O4.C27H31N7O2/c1-3-35(46)41-28-19-29(40-33-21-34(39-22-38-33)45-30(8-15-48-45)23-16-24(36)18-25(37)17-23)32(47-2)20-31(28)44-9-6-27(7-10-44)43-13-11-42(12-14-43)26-4-5-26;1-3-27(42)16-23-17-28(31(43-2)19-30(23)40-7-4-26(5-8-40)39-9-12-44-13-10-39)38-32-20-33(37-21-36-32)41-29(6-11-45-41)22-14-24(34)18-25(35)15-22;1-3-27(35)31-22-17-21(9-10-24(22)33-14-12-32(2)13-15-33)30-25-18-26(29-19-28-25)34-23(11-16-36-34)20-7-5-4-6-8-20/h3,16-22,26-27,30H,1,4-15H2,2H3,(H,41,46)(H,38,39,40);3,14-15,17-21,26,29H,1,4-13,16H2,2H3,(H,36,37,38);3-10,17-19,23H,1,11-16H2,2H3,(H,31,35)(H,28,29,30)/t30-;29-;23-/m111/s1. The first-order chi connectivity index (χ1) is 62.9. The van der Waals surface area contributed by atoms with Gasteiger partial charge in [0.1, 0.15) is 71.2 Å². The highest BCUT2D eigenvalue weighted by atomic mass is 19.1. The maximum atomic E-state index is 14.0. The zero-order chi connectivity index (χ0) is 89.4. The number of halogens is 4. The molecule has 129 heavy (non-hydrogen) atoms. The molecule has 9 aromatic rings. The molecule has 1 saturated carbocycles. The molecule has 30 nitrogen and oxygen atoms in total. The molecule has 5 N–H and O–H groups in total. The first kappa shape index (κ1) is 90.0. The zero-order valence-corrected chi connectivity index (χ0v) is 73.0. The Morgan fingerprint density at radius 3 is 1.30 bits per heavy atom. The van der Waals surface area contributed by atoms with E-state index in [-0.39, 0.29) is 30.1 Å². The SMILES string of the molecule is C=CC(=O)Cc1cc(Nc2cc(N3OCC[C@@H]3c3cc(F)cc(F)c3)ncn2)c(OC)cc1N1CCC(N2CCOCC2)CC1.C=CC(=O)Nc1cc(Nc2cc(N3OCC[C@@H]3c3cc(F)cc(F)c3)ncn2)c(OC)cc1N1CCC(N2CCN(C3CC3)CC2)CC1.C=CC(=O)Nc1cc(Nc2cc(N3OCC[C@@H]3c3ccccc3)ncn2)ccc1N1CCN(C)CC1. The van der Waals surface area contributed by atoms with E-state index in [4.69, 9.17) is 28.7 Å². The molecule has 0 bridgehead atoms. The number of morpholine rings is 1. The smallest absolute Gasteiger partial charge is 0.247 e. The highest BCUT2D eigenvalue weighted by molar-refractivity contribution is 6.03. The van der Waals surface area contributed by atoms with Gasteiger partial charge in [-0.2, -0.15) is 0 Å². The molecule has 1 aliphatic carbocycles. The molecule has 0 radical (unpaired) electrons. The first-order valence-electron chi connectivity index (χ1n) is 44.2. The van der Waals surface area contributed by atoms with Crippen molar-refractivity contribution in [3.05, 3.63) is 230 Å². The molecular weight excluding hydrogens is 1660 g/mol. The minimum absolute atomic E-state index is 0.0779. The van der Waals surface area contributed by atoms with Crippen molar-refractivity contribution in [2.75, 3.05) is 202 Å². The second-order valence-electron chi connectivity index (χ2n) is 33.3. The van der Waals surface area contributed by atoms with Crippen LogP contribution in [-0.2, 0) is 40.1 Å². The molecule has 9 aliphatic rings. The Hall–Kier alpha value is -12.4. The van der Waals surface area contributed by atoms with Crippen LogP contribution in [0.5, 0.6) is 11.5 Å². The van der Waals surface area contributed by atoms with Crippen LogP contribution < -0.4 is 65.9 Å². The van der Waals surface area contributed by atoms with Crippen molar-refractivity contribution in [1.29, 1.82) is 0 Å². The van der Waals surface area contributed by atoms with Gasteiger partial charge < -0.3 is 60.4 Å². The lowest BCUT2D eigenvalue weighted by Crippen LogP contribution is -2.53. The van der Waals surface area contributed by atoms with Gasteiger partial charge in [0.25, 0.3) is 0 Å². The average Bonchev–Trinajstić information content (AvgIpc) is 1.78. The van der Waals surface area contributed by atoms with Crippen molar-refractivity contribution in [1.82, 2.24) is 49.5 Å². The van der Waals surface area contributed by atoms with E-state index < -0.39 is 35.4 Å². The topological polar surface area (TPSA) is 276 Å². The van der Waals surface area contributed by atoms with Gasteiger partial charge in [-0.15, -0.1) is 0 Å². The number of aromatic nitrogens is 6. The summed E-state index contributed by atoms with van der Waals surface area (Å²) in [5, 5.41) is 20.9. The number of nitrogens with one attached hydrogen (secondary N) is 5. The number of allylic oxidation sites excluding steroid dienone is 1. The van der Waals surface area contributed by atoms with Crippen LogP contribution in [0.25, 0.3) is 0 Å². The summed E-state index contributed by atoms with van der Waals surface area (Å²) < 4.78 is 73.2. The summed E-state index contributed by atoms with van der Waals surface area (Å²) in [7, 11) is 5.33. The van der Waals surface area contributed by atoms with Crippen LogP contribution in [0.4, 0.5) is 98.0 Å². The fraction of sp³-hybridized carbons (Fsp3) is 0.400. The number of nitrogens with zero attached hydrogens (tertiary/aromatic N) is 16. The quantitative estimate of drug-likeness (QED) is 0.0236. The maximum Gasteiger partial charge on any atom is 0.247 e. The minimum Gasteiger partial charge on any atom is -0.494 e. The Balaban J connectivity index is 0.000000143. The van der Waals surface area contributed by atoms with Crippen LogP contribution in [-0.4, -0.2) is 231 Å². The molecule has 3 aromatic heterocycles. The fourth-order valence-electron chi connectivity index (χ4n) is 18.2. The third-order valence-electron chi connectivity index (χ3n) is 25.0. The predicted molar refractivity (Wildman–Crippen MR) is 490 cm³/mol. The number of carbonyl (C=O) groups excluding carboxylic acids is 3. The van der Waals surface area contributed by atoms with Crippen LogP contribution in [0.1, 0.15) is 98.2 Å². The normalized spacial score (nSPS) is 19.7. The van der Waals surface area contributed by atoms with Crippen molar-refractivity contribution < 1.29 is 60.7 Å². The van der Waals surface area contributed by atoms with E-state index in [0.29, 0.717) is 119 Å². The molecule has 0 spiro atoms. The summed E-state index contributed by atoms with van der Waals surface area (Å²) in [5.74, 6) is 1.01. The lowest BCUT2D eigenvalue weighted by atomic mass is 9.98. The lowest BCUT2D eigenvalue weighted by Gasteiger charge is -2.43. The number of likely N-dealkylation sites (N-methyl/N-ethyl adjacent to an activating group) is 1. The monoisotopic (exact) mass is 1770 g/mol. The number of piperidine rings is 2. The van der Waals surface area contributed by atoms with Crippen LogP contribution in [0, 0.1) is 23.3 Å². The highest BCUT2D eigenvalue weighted by Crippen LogP contribution is 2.45. The van der Waals surface area contributed by atoms with E-state index in [9.17, 15) is 31.9 Å². The van der Waals surface area contributed by atoms with E-state index in [2.05, 4.69) is 130 Å². The van der Waals surface area contributed by atoms with Crippen molar-refractivity contribution in [2.24, 2.45) is 0 Å².